The number of aromatic nitrogens is 1. The first-order valence-electron chi connectivity index (χ1n) is 9.11. The Kier molecular flexibility index (Phi) is 3.81. The molecular formula is C24H15NO4. The summed E-state index contributed by atoms with van der Waals surface area (Å²) in [6, 6.07) is 24.7. The molecule has 0 saturated heterocycles. The maximum Gasteiger partial charge on any atom is 0.349 e. The molecule has 0 atom stereocenters. The number of fused-ring (bicyclic) bond motifs is 3. The highest BCUT2D eigenvalue weighted by atomic mass is 16.4. The first-order valence-corrected chi connectivity index (χ1v) is 9.11. The summed E-state index contributed by atoms with van der Waals surface area (Å²) in [7, 11) is 0. The van der Waals surface area contributed by atoms with Gasteiger partial charge in [0.15, 0.2) is 0 Å². The fourth-order valence-electron chi connectivity index (χ4n) is 3.68. The topological polar surface area (TPSA) is 72.4 Å². The summed E-state index contributed by atoms with van der Waals surface area (Å²) < 4.78 is 6.98. The number of para-hydroxylation sites is 1. The number of aromatic hydroxyl groups is 1. The minimum Gasteiger partial charge on any atom is -0.506 e. The van der Waals surface area contributed by atoms with Crippen molar-refractivity contribution in [3.63, 3.8) is 0 Å². The van der Waals surface area contributed by atoms with Gasteiger partial charge >= 0.3 is 5.63 Å². The van der Waals surface area contributed by atoms with Crippen LogP contribution in [-0.4, -0.2) is 9.67 Å². The molecule has 5 aromatic rings. The van der Waals surface area contributed by atoms with E-state index >= 15 is 0 Å². The number of rotatable bonds is 2. The van der Waals surface area contributed by atoms with E-state index in [1.165, 1.54) is 4.57 Å². The first kappa shape index (κ1) is 17.0. The van der Waals surface area contributed by atoms with Crippen molar-refractivity contribution in [1.82, 2.24) is 4.57 Å². The van der Waals surface area contributed by atoms with Crippen LogP contribution in [0.5, 0.6) is 5.75 Å². The molecule has 1 N–H and O–H groups in total. The molecule has 0 aliphatic rings. The van der Waals surface area contributed by atoms with Crippen LogP contribution in [0, 0.1) is 0 Å². The van der Waals surface area contributed by atoms with Gasteiger partial charge in [-0.2, -0.15) is 0 Å². The van der Waals surface area contributed by atoms with E-state index in [1.54, 1.807) is 72.8 Å². The number of pyridine rings is 1. The van der Waals surface area contributed by atoms with Gasteiger partial charge in [0, 0.05) is 10.8 Å². The lowest BCUT2D eigenvalue weighted by molar-refractivity contribution is 0.468. The lowest BCUT2D eigenvalue weighted by Gasteiger charge is -2.14. The van der Waals surface area contributed by atoms with Gasteiger partial charge < -0.3 is 9.52 Å². The normalized spacial score (nSPS) is 11.2. The Labute approximate surface area is 164 Å². The predicted molar refractivity (Wildman–Crippen MR) is 113 cm³/mol. The fourth-order valence-corrected chi connectivity index (χ4v) is 3.68. The third-order valence-corrected chi connectivity index (χ3v) is 4.99. The summed E-state index contributed by atoms with van der Waals surface area (Å²) in [6.07, 6.45) is 0. The second-order valence-electron chi connectivity index (χ2n) is 6.68. The van der Waals surface area contributed by atoms with E-state index < -0.39 is 5.63 Å². The fraction of sp³-hybridized carbons (Fsp3) is 0. The second kappa shape index (κ2) is 6.49. The molecule has 0 unspecified atom stereocenters. The lowest BCUT2D eigenvalue weighted by atomic mass is 10.0. The van der Waals surface area contributed by atoms with Gasteiger partial charge in [-0.1, -0.05) is 66.7 Å². The van der Waals surface area contributed by atoms with E-state index in [9.17, 15) is 14.7 Å². The molecule has 0 aliphatic heterocycles. The zero-order chi connectivity index (χ0) is 20.0. The Morgan fingerprint density at radius 1 is 0.724 bits per heavy atom. The molecule has 0 saturated carbocycles. The van der Waals surface area contributed by atoms with Gasteiger partial charge in [0.05, 0.1) is 11.1 Å². The van der Waals surface area contributed by atoms with Gasteiger partial charge in [-0.3, -0.25) is 4.79 Å². The van der Waals surface area contributed by atoms with Crippen molar-refractivity contribution in [3.8, 4) is 22.6 Å². The molecule has 140 valence electrons. The molecule has 5 heteroatoms. The molecule has 3 aromatic carbocycles. The summed E-state index contributed by atoms with van der Waals surface area (Å²) in [5, 5.41) is 12.4. The number of benzene rings is 3. The van der Waals surface area contributed by atoms with Gasteiger partial charge in [0.25, 0.3) is 5.56 Å². The summed E-state index contributed by atoms with van der Waals surface area (Å²) in [5.74, 6) is -0.205. The van der Waals surface area contributed by atoms with E-state index in [0.717, 1.165) is 0 Å². The third kappa shape index (κ3) is 2.56. The maximum absolute atomic E-state index is 13.2. The highest BCUT2D eigenvalue weighted by Gasteiger charge is 2.22. The molecule has 0 bridgehead atoms. The van der Waals surface area contributed by atoms with Crippen molar-refractivity contribution in [3.05, 3.63) is 106 Å². The van der Waals surface area contributed by atoms with Crippen molar-refractivity contribution < 1.29 is 9.52 Å². The van der Waals surface area contributed by atoms with Crippen LogP contribution in [0.15, 0.2) is 98.9 Å². The zero-order valence-corrected chi connectivity index (χ0v) is 15.2. The van der Waals surface area contributed by atoms with Crippen LogP contribution < -0.4 is 11.2 Å². The minimum atomic E-state index is -0.708. The molecular weight excluding hydrogens is 366 g/mol. The van der Waals surface area contributed by atoms with Gasteiger partial charge in [0.1, 0.15) is 11.3 Å². The summed E-state index contributed by atoms with van der Waals surface area (Å²) in [4.78, 5) is 26.1. The molecule has 0 aliphatic carbocycles. The van der Waals surface area contributed by atoms with E-state index in [-0.39, 0.29) is 22.6 Å². The van der Waals surface area contributed by atoms with Crippen LogP contribution in [0.2, 0.25) is 0 Å². The number of hydrogen-bond donors (Lipinski definition) is 1. The molecule has 29 heavy (non-hydrogen) atoms. The highest BCUT2D eigenvalue weighted by molar-refractivity contribution is 6.09. The Morgan fingerprint density at radius 3 is 2.00 bits per heavy atom. The van der Waals surface area contributed by atoms with Crippen molar-refractivity contribution >= 4 is 21.9 Å². The van der Waals surface area contributed by atoms with Crippen LogP contribution in [0.25, 0.3) is 38.7 Å². The quantitative estimate of drug-likeness (QED) is 0.458. The SMILES string of the molecule is O=c1oc2c(c(O)c1-c1ccccc1)c1ccccc1c(=O)n2-c1ccccc1. The van der Waals surface area contributed by atoms with E-state index in [0.29, 0.717) is 27.4 Å². The van der Waals surface area contributed by atoms with Gasteiger partial charge in [-0.05, 0) is 23.8 Å². The van der Waals surface area contributed by atoms with Crippen LogP contribution in [0.1, 0.15) is 0 Å². The zero-order valence-electron chi connectivity index (χ0n) is 15.2. The molecule has 5 nitrogen and oxygen atoms in total. The van der Waals surface area contributed by atoms with E-state index in [1.807, 2.05) is 12.1 Å². The molecule has 0 radical (unpaired) electrons. The average molecular weight is 381 g/mol. The Bertz CT molecular complexity index is 1480. The van der Waals surface area contributed by atoms with Crippen LogP contribution in [0.4, 0.5) is 0 Å². The first-order chi connectivity index (χ1) is 14.2. The van der Waals surface area contributed by atoms with Gasteiger partial charge in [-0.25, -0.2) is 9.36 Å². The monoisotopic (exact) mass is 381 g/mol. The Hall–Kier alpha value is -4.12. The van der Waals surface area contributed by atoms with E-state index in [2.05, 4.69) is 0 Å². The number of hydrogen-bond acceptors (Lipinski definition) is 4. The minimum absolute atomic E-state index is 0.0158. The van der Waals surface area contributed by atoms with Crippen molar-refractivity contribution in [1.29, 1.82) is 0 Å². The Balaban J connectivity index is 2.04. The predicted octanol–water partition coefficient (Wildman–Crippen LogP) is 4.47. The third-order valence-electron chi connectivity index (χ3n) is 4.99. The standard InChI is InChI=1S/C24H15NO4/c26-21-19(15-9-3-1-4-10-15)24(28)29-23-20(21)17-13-7-8-14-18(17)22(27)25(23)16-11-5-2-6-12-16/h1-14,26H. The average Bonchev–Trinajstić information content (AvgIpc) is 2.75. The second-order valence-corrected chi connectivity index (χ2v) is 6.68. The van der Waals surface area contributed by atoms with Gasteiger partial charge in [-0.15, -0.1) is 0 Å². The highest BCUT2D eigenvalue weighted by Crippen LogP contribution is 2.37. The molecule has 0 amide bonds. The molecule has 2 aromatic heterocycles. The Morgan fingerprint density at radius 2 is 1.31 bits per heavy atom. The smallest absolute Gasteiger partial charge is 0.349 e. The van der Waals surface area contributed by atoms with Gasteiger partial charge in [0.2, 0.25) is 5.71 Å². The molecule has 0 fully saturated rings. The van der Waals surface area contributed by atoms with Crippen LogP contribution in [-0.2, 0) is 0 Å². The largest absolute Gasteiger partial charge is 0.506 e. The van der Waals surface area contributed by atoms with Crippen molar-refractivity contribution in [2.24, 2.45) is 0 Å². The van der Waals surface area contributed by atoms with Crippen molar-refractivity contribution in [2.45, 2.75) is 0 Å². The van der Waals surface area contributed by atoms with E-state index in [4.69, 9.17) is 4.42 Å². The lowest BCUT2D eigenvalue weighted by Crippen LogP contribution is -2.20. The maximum atomic E-state index is 13.2. The van der Waals surface area contributed by atoms with Crippen molar-refractivity contribution in [2.75, 3.05) is 0 Å². The van der Waals surface area contributed by atoms with Crippen LogP contribution in [0.3, 0.4) is 0 Å². The summed E-state index contributed by atoms with van der Waals surface area (Å²) in [6.45, 7) is 0. The number of nitrogens with zero attached hydrogens (tertiary/aromatic N) is 1. The molecule has 5 rings (SSSR count). The summed E-state index contributed by atoms with van der Waals surface area (Å²) in [5.41, 5.74) is 0.143. The molecule has 2 heterocycles. The molecule has 0 spiro atoms. The summed E-state index contributed by atoms with van der Waals surface area (Å²) >= 11 is 0. The van der Waals surface area contributed by atoms with Crippen LogP contribution >= 0.6 is 0 Å².